The first kappa shape index (κ1) is 24.0. The predicted octanol–water partition coefficient (Wildman–Crippen LogP) is 2.73. The summed E-state index contributed by atoms with van der Waals surface area (Å²) >= 11 is 0. The number of fused-ring (bicyclic) bond motifs is 1. The van der Waals surface area contributed by atoms with Crippen LogP contribution in [0.4, 0.5) is 5.69 Å². The highest BCUT2D eigenvalue weighted by atomic mass is 16.5. The molecular formula is C26H32N4O4. The van der Waals surface area contributed by atoms with Gasteiger partial charge in [-0.3, -0.25) is 19.7 Å². The number of nitriles is 1. The molecule has 8 nitrogen and oxygen atoms in total. The summed E-state index contributed by atoms with van der Waals surface area (Å²) in [5.41, 5.74) is 1.00. The monoisotopic (exact) mass is 464 g/mol. The fraction of sp³-hybridized carbons (Fsp3) is 0.462. The third-order valence-electron chi connectivity index (χ3n) is 6.48. The number of para-hydroxylation sites is 1. The number of benzene rings is 2. The number of nitrogens with zero attached hydrogens (tertiary/aromatic N) is 4. The fourth-order valence-electron chi connectivity index (χ4n) is 4.61. The van der Waals surface area contributed by atoms with E-state index in [0.717, 1.165) is 18.8 Å². The van der Waals surface area contributed by atoms with Crippen molar-refractivity contribution in [3.63, 3.8) is 0 Å². The molecular weight excluding hydrogens is 432 g/mol. The van der Waals surface area contributed by atoms with E-state index in [1.165, 1.54) is 0 Å². The van der Waals surface area contributed by atoms with Crippen LogP contribution in [0.25, 0.3) is 0 Å². The number of carbonyl (C=O) groups excluding carboxylic acids is 1. The quantitative estimate of drug-likeness (QED) is 0.658. The average Bonchev–Trinajstić information content (AvgIpc) is 2.84. The van der Waals surface area contributed by atoms with E-state index in [-0.39, 0.29) is 5.91 Å². The van der Waals surface area contributed by atoms with E-state index >= 15 is 0 Å². The molecule has 1 saturated heterocycles. The Morgan fingerprint density at radius 2 is 1.91 bits per heavy atom. The number of morpholine rings is 1. The van der Waals surface area contributed by atoms with Gasteiger partial charge in [0.05, 0.1) is 37.1 Å². The maximum absolute atomic E-state index is 13.1. The van der Waals surface area contributed by atoms with Crippen LogP contribution in [-0.4, -0.2) is 72.0 Å². The van der Waals surface area contributed by atoms with Crippen molar-refractivity contribution in [3.05, 3.63) is 59.7 Å². The first-order valence-electron chi connectivity index (χ1n) is 11.7. The Hall–Kier alpha value is -3.12. The molecule has 0 aromatic heterocycles. The van der Waals surface area contributed by atoms with Gasteiger partial charge >= 0.3 is 0 Å². The largest absolute Gasteiger partial charge is 0.485 e. The molecule has 1 amide bonds. The maximum atomic E-state index is 13.1. The number of aliphatic hydroxyl groups excluding tert-OH is 1. The number of ether oxygens (including phenoxy) is 2. The molecule has 1 N–H and O–H groups in total. The molecule has 0 bridgehead atoms. The molecule has 0 saturated carbocycles. The zero-order valence-corrected chi connectivity index (χ0v) is 20.0. The molecule has 180 valence electrons. The lowest BCUT2D eigenvalue weighted by atomic mass is 9.85. The number of carbonyl (C=O) groups is 1. The van der Waals surface area contributed by atoms with Crippen molar-refractivity contribution < 1.29 is 19.4 Å². The van der Waals surface area contributed by atoms with Crippen LogP contribution < -0.4 is 9.75 Å². The molecule has 2 aliphatic heterocycles. The molecule has 8 heteroatoms. The summed E-state index contributed by atoms with van der Waals surface area (Å²) in [6.45, 7) is 9.33. The summed E-state index contributed by atoms with van der Waals surface area (Å²) in [6, 6.07) is 16.3. The summed E-state index contributed by atoms with van der Waals surface area (Å²) in [5, 5.41) is 24.7. The second kappa shape index (κ2) is 10.0. The molecule has 2 heterocycles. The van der Waals surface area contributed by atoms with Gasteiger partial charge in [-0.1, -0.05) is 18.2 Å². The zero-order valence-electron chi connectivity index (χ0n) is 20.0. The first-order valence-corrected chi connectivity index (χ1v) is 11.7. The zero-order chi connectivity index (χ0) is 24.3. The molecule has 0 radical (unpaired) electrons. The lowest BCUT2D eigenvalue weighted by molar-refractivity contribution is -0.132. The van der Waals surface area contributed by atoms with Gasteiger partial charge in [0.25, 0.3) is 0 Å². The van der Waals surface area contributed by atoms with Crippen molar-refractivity contribution in [2.75, 3.05) is 44.4 Å². The SMILES string of the molecule is CC(=O)N(CCN1CCOCC1)N(c1ccccc1)[C@H]1c2cc(C#N)ccc2OC(C)(C)[C@@H]1O. The number of aliphatic hydroxyl groups is 1. The fourth-order valence-corrected chi connectivity index (χ4v) is 4.61. The second-order valence-corrected chi connectivity index (χ2v) is 9.24. The van der Waals surface area contributed by atoms with Gasteiger partial charge in [0.15, 0.2) is 0 Å². The van der Waals surface area contributed by atoms with Gasteiger partial charge in [0, 0.05) is 32.1 Å². The molecule has 1 fully saturated rings. The molecule has 34 heavy (non-hydrogen) atoms. The van der Waals surface area contributed by atoms with Crippen molar-refractivity contribution in [1.82, 2.24) is 9.91 Å². The molecule has 2 aliphatic rings. The Morgan fingerprint density at radius 3 is 2.56 bits per heavy atom. The summed E-state index contributed by atoms with van der Waals surface area (Å²) in [5.74, 6) is 0.462. The number of hydrogen-bond donors (Lipinski definition) is 1. The van der Waals surface area contributed by atoms with E-state index in [9.17, 15) is 15.2 Å². The lowest BCUT2D eigenvalue weighted by Gasteiger charge is -2.50. The van der Waals surface area contributed by atoms with Crippen LogP contribution in [0, 0.1) is 11.3 Å². The second-order valence-electron chi connectivity index (χ2n) is 9.24. The smallest absolute Gasteiger partial charge is 0.238 e. The topological polar surface area (TPSA) is 89.3 Å². The molecule has 0 aliphatic carbocycles. The minimum Gasteiger partial charge on any atom is -0.485 e. The highest BCUT2D eigenvalue weighted by molar-refractivity contribution is 5.76. The highest BCUT2D eigenvalue weighted by Gasteiger charge is 2.47. The molecule has 0 unspecified atom stereocenters. The summed E-state index contributed by atoms with van der Waals surface area (Å²) in [7, 11) is 0. The minimum absolute atomic E-state index is 0.133. The van der Waals surface area contributed by atoms with E-state index in [2.05, 4.69) is 11.0 Å². The minimum atomic E-state index is -0.973. The van der Waals surface area contributed by atoms with Gasteiger partial charge in [0.2, 0.25) is 5.91 Å². The van der Waals surface area contributed by atoms with Gasteiger partial charge < -0.3 is 14.6 Å². The van der Waals surface area contributed by atoms with Crippen molar-refractivity contribution in [2.45, 2.75) is 38.5 Å². The van der Waals surface area contributed by atoms with Crippen LogP contribution in [-0.2, 0) is 9.53 Å². The summed E-state index contributed by atoms with van der Waals surface area (Å²) < 4.78 is 11.6. The third-order valence-corrected chi connectivity index (χ3v) is 6.48. The van der Waals surface area contributed by atoms with Gasteiger partial charge in [0.1, 0.15) is 23.5 Å². The van der Waals surface area contributed by atoms with Gasteiger partial charge in [-0.15, -0.1) is 0 Å². The van der Waals surface area contributed by atoms with Crippen LogP contribution in [0.1, 0.15) is 37.9 Å². The highest BCUT2D eigenvalue weighted by Crippen LogP contribution is 2.45. The van der Waals surface area contributed by atoms with Crippen LogP contribution in [0.5, 0.6) is 5.75 Å². The first-order chi connectivity index (χ1) is 16.3. The Labute approximate surface area is 200 Å². The molecule has 2 atom stereocenters. The Morgan fingerprint density at radius 1 is 1.21 bits per heavy atom. The lowest BCUT2D eigenvalue weighted by Crippen LogP contribution is -2.59. The van der Waals surface area contributed by atoms with Crippen molar-refractivity contribution >= 4 is 11.6 Å². The third kappa shape index (κ3) is 4.87. The van der Waals surface area contributed by atoms with Gasteiger partial charge in [-0.2, -0.15) is 5.26 Å². The van der Waals surface area contributed by atoms with E-state index in [0.29, 0.717) is 43.2 Å². The molecule has 2 aromatic carbocycles. The molecule has 4 rings (SSSR count). The Bertz CT molecular complexity index is 1050. The average molecular weight is 465 g/mol. The van der Waals surface area contributed by atoms with Crippen molar-refractivity contribution in [2.24, 2.45) is 0 Å². The van der Waals surface area contributed by atoms with E-state index in [1.54, 1.807) is 30.1 Å². The van der Waals surface area contributed by atoms with Gasteiger partial charge in [-0.25, -0.2) is 0 Å². The maximum Gasteiger partial charge on any atom is 0.238 e. The number of anilines is 1. The molecule has 0 spiro atoms. The van der Waals surface area contributed by atoms with E-state index in [1.807, 2.05) is 49.2 Å². The Kier molecular flexibility index (Phi) is 7.08. The number of amides is 1. The van der Waals surface area contributed by atoms with Crippen LogP contribution in [0.2, 0.25) is 0 Å². The molecule has 2 aromatic rings. The van der Waals surface area contributed by atoms with Gasteiger partial charge in [-0.05, 0) is 44.2 Å². The number of rotatable bonds is 6. The van der Waals surface area contributed by atoms with E-state index in [4.69, 9.17) is 9.47 Å². The standard InChI is InChI=1S/C26H32N4O4/c1-19(31)29(12-11-28-13-15-33-16-14-28)30(21-7-5-4-6-8-21)24-22-17-20(18-27)9-10-23(22)34-26(2,3)25(24)32/h4-10,17,24-25,32H,11-16H2,1-3H3/t24-,25+/m0/s1. The summed E-state index contributed by atoms with van der Waals surface area (Å²) in [4.78, 5) is 15.3. The predicted molar refractivity (Wildman–Crippen MR) is 128 cm³/mol. The number of hydrazine groups is 1. The Balaban J connectivity index is 1.80. The van der Waals surface area contributed by atoms with Crippen LogP contribution >= 0.6 is 0 Å². The normalized spacial score (nSPS) is 21.6. The van der Waals surface area contributed by atoms with Crippen molar-refractivity contribution in [1.29, 1.82) is 5.26 Å². The number of hydrogen-bond acceptors (Lipinski definition) is 7. The van der Waals surface area contributed by atoms with E-state index < -0.39 is 17.7 Å². The van der Waals surface area contributed by atoms with Crippen LogP contribution in [0.3, 0.4) is 0 Å². The summed E-state index contributed by atoms with van der Waals surface area (Å²) in [6.07, 6.45) is -0.973. The van der Waals surface area contributed by atoms with Crippen molar-refractivity contribution in [3.8, 4) is 11.8 Å². The van der Waals surface area contributed by atoms with Crippen LogP contribution in [0.15, 0.2) is 48.5 Å².